The second-order valence-electron chi connectivity index (χ2n) is 7.18. The van der Waals surface area contributed by atoms with Crippen molar-refractivity contribution < 1.29 is 12.8 Å². The lowest BCUT2D eigenvalue weighted by Crippen LogP contribution is -2.13. The van der Waals surface area contributed by atoms with E-state index in [0.717, 1.165) is 35.5 Å². The Hall–Kier alpha value is -1.87. The standard InChI is InChI=1S/C22H20ClFN2O2S3/c23-20-11-18(31(27,28)26-22-13-29-14-25-22)9-10-21(20)30-12-16-3-1-2-4-19(16)15-5-7-17(24)8-6-15/h4-11,13-14,16,26H,1-3,12H2/t16-/m1/s1. The molecular weight excluding hydrogens is 475 g/mol. The number of halogens is 2. The van der Waals surface area contributed by atoms with Crippen molar-refractivity contribution in [3.63, 3.8) is 0 Å². The van der Waals surface area contributed by atoms with Crippen molar-refractivity contribution in [1.82, 2.24) is 4.98 Å². The number of anilines is 1. The normalized spacial score (nSPS) is 16.7. The van der Waals surface area contributed by atoms with Crippen molar-refractivity contribution in [2.24, 2.45) is 5.92 Å². The summed E-state index contributed by atoms with van der Waals surface area (Å²) in [5.74, 6) is 1.19. The summed E-state index contributed by atoms with van der Waals surface area (Å²) in [7, 11) is -3.75. The third kappa shape index (κ3) is 5.49. The SMILES string of the molecule is O=S(=O)(Nc1cscn1)c1ccc(SC[C@H]2CCCC=C2c2ccc(F)cc2)c(Cl)c1. The van der Waals surface area contributed by atoms with Crippen LogP contribution in [0.2, 0.25) is 5.02 Å². The summed E-state index contributed by atoms with van der Waals surface area (Å²) in [5.41, 5.74) is 3.85. The lowest BCUT2D eigenvalue weighted by Gasteiger charge is -2.24. The van der Waals surface area contributed by atoms with Crippen LogP contribution in [0.5, 0.6) is 0 Å². The maximum Gasteiger partial charge on any atom is 0.263 e. The summed E-state index contributed by atoms with van der Waals surface area (Å²) in [5, 5.41) is 2.02. The molecule has 1 aliphatic carbocycles. The first-order valence-corrected chi connectivity index (χ1v) is 13.5. The van der Waals surface area contributed by atoms with Crippen LogP contribution in [0.15, 0.2) is 69.2 Å². The fraction of sp³-hybridized carbons (Fsp3) is 0.227. The van der Waals surface area contributed by atoms with Gasteiger partial charge in [-0.1, -0.05) is 29.8 Å². The van der Waals surface area contributed by atoms with E-state index in [4.69, 9.17) is 11.6 Å². The topological polar surface area (TPSA) is 59.1 Å². The minimum absolute atomic E-state index is 0.0967. The molecule has 4 rings (SSSR count). The molecule has 0 saturated heterocycles. The molecule has 4 nitrogen and oxygen atoms in total. The number of rotatable bonds is 7. The van der Waals surface area contributed by atoms with Crippen LogP contribution in [-0.2, 0) is 10.0 Å². The van der Waals surface area contributed by atoms with Crippen molar-refractivity contribution in [2.45, 2.75) is 29.1 Å². The predicted octanol–water partition coefficient (Wildman–Crippen LogP) is 6.71. The van der Waals surface area contributed by atoms with Crippen LogP contribution in [-0.4, -0.2) is 19.2 Å². The lowest BCUT2D eigenvalue weighted by atomic mass is 9.85. The largest absolute Gasteiger partial charge is 0.263 e. The van der Waals surface area contributed by atoms with E-state index in [0.29, 0.717) is 10.9 Å². The van der Waals surface area contributed by atoms with Crippen LogP contribution >= 0.6 is 34.7 Å². The molecule has 1 N–H and O–H groups in total. The molecular formula is C22H20ClFN2O2S3. The number of benzene rings is 2. The number of thioether (sulfide) groups is 1. The van der Waals surface area contributed by atoms with Gasteiger partial charge in [0.25, 0.3) is 10.0 Å². The van der Waals surface area contributed by atoms with Gasteiger partial charge in [-0.25, -0.2) is 17.8 Å². The lowest BCUT2D eigenvalue weighted by molar-refractivity contribution is 0.601. The fourth-order valence-electron chi connectivity index (χ4n) is 3.53. The molecule has 31 heavy (non-hydrogen) atoms. The van der Waals surface area contributed by atoms with Gasteiger partial charge in [0.2, 0.25) is 0 Å². The zero-order valence-corrected chi connectivity index (χ0v) is 19.6. The van der Waals surface area contributed by atoms with Crippen LogP contribution in [0, 0.1) is 11.7 Å². The molecule has 0 spiro atoms. The molecule has 1 heterocycles. The minimum Gasteiger partial charge on any atom is -0.263 e. The molecule has 0 radical (unpaired) electrons. The summed E-state index contributed by atoms with van der Waals surface area (Å²) in [6, 6.07) is 11.4. The molecule has 1 aliphatic rings. The number of thiazole rings is 1. The fourth-order valence-corrected chi connectivity index (χ4v) is 6.61. The first kappa shape index (κ1) is 22.3. The van der Waals surface area contributed by atoms with E-state index < -0.39 is 10.0 Å². The molecule has 0 fully saturated rings. The smallest absolute Gasteiger partial charge is 0.263 e. The van der Waals surface area contributed by atoms with Crippen LogP contribution < -0.4 is 4.72 Å². The van der Waals surface area contributed by atoms with Gasteiger partial charge in [0.1, 0.15) is 5.82 Å². The summed E-state index contributed by atoms with van der Waals surface area (Å²) < 4.78 is 40.8. The molecule has 3 aromatic rings. The highest BCUT2D eigenvalue weighted by molar-refractivity contribution is 7.99. The van der Waals surface area contributed by atoms with Gasteiger partial charge in [-0.15, -0.1) is 23.1 Å². The molecule has 0 saturated carbocycles. The van der Waals surface area contributed by atoms with Crippen LogP contribution in [0.3, 0.4) is 0 Å². The molecule has 9 heteroatoms. The first-order chi connectivity index (χ1) is 14.9. The zero-order chi connectivity index (χ0) is 21.8. The Morgan fingerprint density at radius 3 is 2.74 bits per heavy atom. The van der Waals surface area contributed by atoms with Crippen molar-refractivity contribution >= 4 is 56.1 Å². The Morgan fingerprint density at radius 1 is 1.23 bits per heavy atom. The highest BCUT2D eigenvalue weighted by Gasteiger charge is 2.21. The van der Waals surface area contributed by atoms with Gasteiger partial charge >= 0.3 is 0 Å². The highest BCUT2D eigenvalue weighted by atomic mass is 35.5. The molecule has 1 atom stereocenters. The van der Waals surface area contributed by atoms with E-state index in [1.165, 1.54) is 35.1 Å². The van der Waals surface area contributed by atoms with Gasteiger partial charge in [-0.3, -0.25) is 4.72 Å². The summed E-state index contributed by atoms with van der Waals surface area (Å²) in [6.07, 6.45) is 5.43. The quantitative estimate of drug-likeness (QED) is 0.371. The van der Waals surface area contributed by atoms with Gasteiger partial charge in [-0.2, -0.15) is 0 Å². The number of allylic oxidation sites excluding steroid dienone is 2. The van der Waals surface area contributed by atoms with E-state index in [1.54, 1.807) is 34.8 Å². The van der Waals surface area contributed by atoms with Crippen molar-refractivity contribution in [3.8, 4) is 0 Å². The van der Waals surface area contributed by atoms with Gasteiger partial charge in [-0.05, 0) is 66.6 Å². The third-order valence-electron chi connectivity index (χ3n) is 5.06. The third-order valence-corrected chi connectivity index (χ3v) is 8.66. The van der Waals surface area contributed by atoms with E-state index in [-0.39, 0.29) is 16.5 Å². The van der Waals surface area contributed by atoms with E-state index in [9.17, 15) is 12.8 Å². The Balaban J connectivity index is 1.46. The molecule has 0 amide bonds. The number of sulfonamides is 1. The second kappa shape index (κ2) is 9.73. The van der Waals surface area contributed by atoms with Crippen LogP contribution in [0.1, 0.15) is 24.8 Å². The Bertz CT molecular complexity index is 1180. The Morgan fingerprint density at radius 2 is 2.03 bits per heavy atom. The number of hydrogen-bond acceptors (Lipinski definition) is 5. The second-order valence-corrected chi connectivity index (χ2v) is 11.0. The monoisotopic (exact) mass is 494 g/mol. The molecule has 2 aromatic carbocycles. The molecule has 0 unspecified atom stereocenters. The summed E-state index contributed by atoms with van der Waals surface area (Å²) in [4.78, 5) is 4.88. The molecule has 1 aromatic heterocycles. The summed E-state index contributed by atoms with van der Waals surface area (Å²) >= 11 is 9.34. The average Bonchev–Trinajstić information content (AvgIpc) is 3.26. The van der Waals surface area contributed by atoms with Crippen molar-refractivity contribution in [1.29, 1.82) is 0 Å². The number of nitrogens with one attached hydrogen (secondary N) is 1. The van der Waals surface area contributed by atoms with Crippen LogP contribution in [0.25, 0.3) is 5.57 Å². The van der Waals surface area contributed by atoms with Gasteiger partial charge in [0.15, 0.2) is 5.82 Å². The minimum atomic E-state index is -3.75. The average molecular weight is 495 g/mol. The van der Waals surface area contributed by atoms with E-state index >= 15 is 0 Å². The van der Waals surface area contributed by atoms with E-state index in [1.807, 2.05) is 12.1 Å². The van der Waals surface area contributed by atoms with Gasteiger partial charge in [0.05, 0.1) is 15.4 Å². The molecule has 0 bridgehead atoms. The highest BCUT2D eigenvalue weighted by Crippen LogP contribution is 2.38. The van der Waals surface area contributed by atoms with Crippen LogP contribution in [0.4, 0.5) is 10.2 Å². The van der Waals surface area contributed by atoms with Gasteiger partial charge < -0.3 is 0 Å². The van der Waals surface area contributed by atoms with Crippen molar-refractivity contribution in [2.75, 3.05) is 10.5 Å². The van der Waals surface area contributed by atoms with Gasteiger partial charge in [0, 0.05) is 16.0 Å². The van der Waals surface area contributed by atoms with Crippen molar-refractivity contribution in [3.05, 3.63) is 75.8 Å². The molecule has 0 aliphatic heterocycles. The summed E-state index contributed by atoms with van der Waals surface area (Å²) in [6.45, 7) is 0. The number of aromatic nitrogens is 1. The first-order valence-electron chi connectivity index (χ1n) is 9.72. The predicted molar refractivity (Wildman–Crippen MR) is 127 cm³/mol. The maximum absolute atomic E-state index is 13.3. The number of hydrogen-bond donors (Lipinski definition) is 1. The number of nitrogens with zero attached hydrogens (tertiary/aromatic N) is 1. The maximum atomic E-state index is 13.3. The van der Waals surface area contributed by atoms with E-state index in [2.05, 4.69) is 15.8 Å². The zero-order valence-electron chi connectivity index (χ0n) is 16.4. The molecule has 162 valence electrons. The Labute approximate surface area is 194 Å². The Kier molecular flexibility index (Phi) is 7.01.